The number of hydrogen-bond donors (Lipinski definition) is 1. The van der Waals surface area contributed by atoms with Crippen molar-refractivity contribution >= 4 is 11.9 Å². The number of aromatic carboxylic acids is 1. The number of fused-ring (bicyclic) bond motifs is 1. The third kappa shape index (κ3) is 3.34. The van der Waals surface area contributed by atoms with E-state index in [0.717, 1.165) is 12.8 Å². The molecule has 1 aromatic heterocycles. The number of amides is 1. The minimum absolute atomic E-state index is 0.00712. The summed E-state index contributed by atoms with van der Waals surface area (Å²) >= 11 is 0. The fourth-order valence-corrected chi connectivity index (χ4v) is 3.60. The Morgan fingerprint density at radius 3 is 2.63 bits per heavy atom. The number of rotatable bonds is 3. The quantitative estimate of drug-likeness (QED) is 0.887. The van der Waals surface area contributed by atoms with E-state index >= 15 is 0 Å². The van der Waals surface area contributed by atoms with E-state index in [0.29, 0.717) is 24.6 Å². The summed E-state index contributed by atoms with van der Waals surface area (Å²) in [6, 6.07) is 8.73. The molecule has 3 atom stereocenters. The summed E-state index contributed by atoms with van der Waals surface area (Å²) in [5, 5.41) is 13.2. The third-order valence-corrected chi connectivity index (χ3v) is 5.00. The SMILES string of the molecule is CC1Oc2ccccc2OC1C(=O)N1CCCC(n2ccc(C(=O)O)n2)C1. The highest BCUT2D eigenvalue weighted by Gasteiger charge is 2.38. The molecule has 2 aliphatic heterocycles. The smallest absolute Gasteiger partial charge is 0.356 e. The Bertz CT molecular complexity index is 865. The summed E-state index contributed by atoms with van der Waals surface area (Å²) < 4.78 is 13.4. The molecular weight excluding hydrogens is 350 g/mol. The van der Waals surface area contributed by atoms with Crippen LogP contribution in [0.3, 0.4) is 0 Å². The summed E-state index contributed by atoms with van der Waals surface area (Å²) in [7, 11) is 0. The van der Waals surface area contributed by atoms with E-state index in [2.05, 4.69) is 5.10 Å². The van der Waals surface area contributed by atoms with Crippen LogP contribution in [-0.4, -0.2) is 57.0 Å². The number of nitrogens with zero attached hydrogens (tertiary/aromatic N) is 3. The van der Waals surface area contributed by atoms with E-state index in [-0.39, 0.29) is 17.6 Å². The molecule has 1 fully saturated rings. The van der Waals surface area contributed by atoms with E-state index in [1.54, 1.807) is 21.8 Å². The molecule has 3 heterocycles. The van der Waals surface area contributed by atoms with Crippen molar-refractivity contribution in [2.24, 2.45) is 0 Å². The molecule has 1 aromatic carbocycles. The number of piperidine rings is 1. The van der Waals surface area contributed by atoms with Crippen LogP contribution in [0.4, 0.5) is 0 Å². The maximum absolute atomic E-state index is 13.1. The normalized spacial score (nSPS) is 24.5. The summed E-state index contributed by atoms with van der Waals surface area (Å²) in [6.07, 6.45) is 2.21. The largest absolute Gasteiger partial charge is 0.482 e. The van der Waals surface area contributed by atoms with E-state index in [1.165, 1.54) is 6.07 Å². The van der Waals surface area contributed by atoms with Crippen molar-refractivity contribution in [1.29, 1.82) is 0 Å². The van der Waals surface area contributed by atoms with Crippen molar-refractivity contribution in [3.63, 3.8) is 0 Å². The predicted molar refractivity (Wildman–Crippen MR) is 95.0 cm³/mol. The topological polar surface area (TPSA) is 93.9 Å². The van der Waals surface area contributed by atoms with Crippen molar-refractivity contribution in [3.05, 3.63) is 42.2 Å². The Morgan fingerprint density at radius 2 is 1.93 bits per heavy atom. The molecule has 0 spiro atoms. The molecule has 0 saturated carbocycles. The molecule has 8 heteroatoms. The van der Waals surface area contributed by atoms with Crippen LogP contribution in [0.2, 0.25) is 0 Å². The molecule has 1 saturated heterocycles. The van der Waals surface area contributed by atoms with Gasteiger partial charge in [-0.25, -0.2) is 4.79 Å². The first-order valence-corrected chi connectivity index (χ1v) is 9.02. The summed E-state index contributed by atoms with van der Waals surface area (Å²) in [4.78, 5) is 25.9. The lowest BCUT2D eigenvalue weighted by atomic mass is 10.0. The van der Waals surface area contributed by atoms with Crippen molar-refractivity contribution in [2.45, 2.75) is 38.0 Å². The van der Waals surface area contributed by atoms with Gasteiger partial charge in [-0.05, 0) is 38.0 Å². The van der Waals surface area contributed by atoms with Gasteiger partial charge in [0.25, 0.3) is 5.91 Å². The zero-order chi connectivity index (χ0) is 19.0. The van der Waals surface area contributed by atoms with Crippen LogP contribution in [-0.2, 0) is 4.79 Å². The number of aromatic nitrogens is 2. The standard InChI is InChI=1S/C19H21N3O5/c1-12-17(27-16-7-3-2-6-15(16)26-12)18(23)21-9-4-5-13(11-21)22-10-8-14(20-22)19(24)25/h2-3,6-8,10,12-13,17H,4-5,9,11H2,1H3,(H,24,25). The first kappa shape index (κ1) is 17.4. The van der Waals surface area contributed by atoms with Crippen molar-refractivity contribution in [2.75, 3.05) is 13.1 Å². The van der Waals surface area contributed by atoms with Gasteiger partial charge < -0.3 is 19.5 Å². The molecule has 2 aromatic rings. The Kier molecular flexibility index (Phi) is 4.47. The van der Waals surface area contributed by atoms with Gasteiger partial charge in [0.1, 0.15) is 6.10 Å². The average molecular weight is 371 g/mol. The van der Waals surface area contributed by atoms with Gasteiger partial charge in [0.15, 0.2) is 17.2 Å². The van der Waals surface area contributed by atoms with Crippen LogP contribution in [0.25, 0.3) is 0 Å². The Hall–Kier alpha value is -3.03. The number of carboxylic acids is 1. The number of para-hydroxylation sites is 2. The predicted octanol–water partition coefficient (Wildman–Crippen LogP) is 1.97. The first-order chi connectivity index (χ1) is 13.0. The Balaban J connectivity index is 1.48. The molecule has 142 valence electrons. The number of ether oxygens (including phenoxy) is 2. The van der Waals surface area contributed by atoms with Crippen LogP contribution in [0.1, 0.15) is 36.3 Å². The Labute approximate surface area is 156 Å². The van der Waals surface area contributed by atoms with E-state index in [4.69, 9.17) is 14.6 Å². The fraction of sp³-hybridized carbons (Fsp3) is 0.421. The molecule has 3 unspecified atom stereocenters. The molecular formula is C19H21N3O5. The van der Waals surface area contributed by atoms with Crippen LogP contribution in [0.5, 0.6) is 11.5 Å². The molecule has 27 heavy (non-hydrogen) atoms. The third-order valence-electron chi connectivity index (χ3n) is 5.00. The molecule has 1 amide bonds. The maximum atomic E-state index is 13.1. The summed E-state index contributed by atoms with van der Waals surface area (Å²) in [6.45, 7) is 2.93. The van der Waals surface area contributed by atoms with Gasteiger partial charge in [-0.2, -0.15) is 5.10 Å². The lowest BCUT2D eigenvalue weighted by Gasteiger charge is -2.38. The second-order valence-electron chi connectivity index (χ2n) is 6.87. The number of hydrogen-bond acceptors (Lipinski definition) is 5. The van der Waals surface area contributed by atoms with Gasteiger partial charge in [-0.1, -0.05) is 12.1 Å². The van der Waals surface area contributed by atoms with Gasteiger partial charge in [0.2, 0.25) is 6.10 Å². The van der Waals surface area contributed by atoms with Crippen molar-refractivity contribution < 1.29 is 24.2 Å². The zero-order valence-electron chi connectivity index (χ0n) is 14.9. The maximum Gasteiger partial charge on any atom is 0.356 e. The summed E-state index contributed by atoms with van der Waals surface area (Å²) in [5.74, 6) is 0.0362. The Morgan fingerprint density at radius 1 is 1.19 bits per heavy atom. The molecule has 0 radical (unpaired) electrons. The van der Waals surface area contributed by atoms with E-state index < -0.39 is 18.2 Å². The highest BCUT2D eigenvalue weighted by molar-refractivity contribution is 5.85. The lowest BCUT2D eigenvalue weighted by molar-refractivity contribution is -0.146. The molecule has 1 N–H and O–H groups in total. The number of carbonyl (C=O) groups excluding carboxylic acids is 1. The second-order valence-corrected chi connectivity index (χ2v) is 6.87. The van der Waals surface area contributed by atoms with Crippen LogP contribution in [0.15, 0.2) is 36.5 Å². The van der Waals surface area contributed by atoms with Gasteiger partial charge in [0.05, 0.1) is 6.04 Å². The van der Waals surface area contributed by atoms with Crippen molar-refractivity contribution in [1.82, 2.24) is 14.7 Å². The van der Waals surface area contributed by atoms with E-state index in [1.807, 2.05) is 25.1 Å². The van der Waals surface area contributed by atoms with E-state index in [9.17, 15) is 9.59 Å². The molecule has 2 aliphatic rings. The van der Waals surface area contributed by atoms with Gasteiger partial charge in [-0.3, -0.25) is 9.48 Å². The average Bonchev–Trinajstić information content (AvgIpc) is 3.18. The molecule has 8 nitrogen and oxygen atoms in total. The minimum Gasteiger partial charge on any atom is -0.482 e. The monoisotopic (exact) mass is 371 g/mol. The molecule has 0 bridgehead atoms. The first-order valence-electron chi connectivity index (χ1n) is 9.02. The van der Waals surface area contributed by atoms with Crippen LogP contribution in [0, 0.1) is 0 Å². The number of likely N-dealkylation sites (tertiary alicyclic amines) is 1. The molecule has 0 aliphatic carbocycles. The van der Waals surface area contributed by atoms with Crippen LogP contribution >= 0.6 is 0 Å². The fourth-order valence-electron chi connectivity index (χ4n) is 3.60. The second kappa shape index (κ2) is 6.94. The lowest BCUT2D eigenvalue weighted by Crippen LogP contribution is -2.53. The number of benzene rings is 1. The number of carbonyl (C=O) groups is 2. The van der Waals surface area contributed by atoms with Gasteiger partial charge in [-0.15, -0.1) is 0 Å². The van der Waals surface area contributed by atoms with Gasteiger partial charge in [0, 0.05) is 19.3 Å². The summed E-state index contributed by atoms with van der Waals surface area (Å²) in [5.41, 5.74) is 0.00712. The number of carboxylic acid groups (broad SMARTS) is 1. The van der Waals surface area contributed by atoms with Crippen LogP contribution < -0.4 is 9.47 Å². The van der Waals surface area contributed by atoms with Gasteiger partial charge >= 0.3 is 5.97 Å². The highest BCUT2D eigenvalue weighted by Crippen LogP contribution is 2.34. The minimum atomic E-state index is -1.06. The highest BCUT2D eigenvalue weighted by atomic mass is 16.6. The zero-order valence-corrected chi connectivity index (χ0v) is 14.9. The van der Waals surface area contributed by atoms with Crippen molar-refractivity contribution in [3.8, 4) is 11.5 Å². The molecule has 4 rings (SSSR count).